The molecule has 0 aliphatic carbocycles. The first-order valence-electron chi connectivity index (χ1n) is 6.43. The number of nitrogens with one attached hydrogen (secondary N) is 2. The molecular weight excluding hydrogens is 260 g/mol. The Labute approximate surface area is 116 Å². The van der Waals surface area contributed by atoms with Crippen LogP contribution >= 0.6 is 0 Å². The van der Waals surface area contributed by atoms with Crippen molar-refractivity contribution < 1.29 is 19.5 Å². The average molecular weight is 276 g/mol. The zero-order valence-corrected chi connectivity index (χ0v) is 10.9. The van der Waals surface area contributed by atoms with Gasteiger partial charge in [0.15, 0.2) is 0 Å². The number of aromatic carboxylic acids is 1. The molecule has 1 aromatic rings. The van der Waals surface area contributed by atoms with E-state index in [0.717, 1.165) is 5.56 Å². The van der Waals surface area contributed by atoms with E-state index in [4.69, 9.17) is 5.11 Å². The molecule has 0 saturated carbocycles. The number of piperidine rings is 1. The summed E-state index contributed by atoms with van der Waals surface area (Å²) in [5, 5.41) is 14.2. The number of carboxylic acids is 1. The maximum atomic E-state index is 11.9. The highest BCUT2D eigenvalue weighted by molar-refractivity contribution is 5.88. The Morgan fingerprint density at radius 3 is 2.60 bits per heavy atom. The summed E-state index contributed by atoms with van der Waals surface area (Å²) < 4.78 is 0. The lowest BCUT2D eigenvalue weighted by atomic mass is 9.96. The van der Waals surface area contributed by atoms with E-state index in [2.05, 4.69) is 10.6 Å². The molecule has 0 aromatic heterocycles. The Hall–Kier alpha value is -2.37. The molecule has 6 nitrogen and oxygen atoms in total. The number of benzene rings is 1. The summed E-state index contributed by atoms with van der Waals surface area (Å²) in [4.78, 5) is 33.8. The second-order valence-electron chi connectivity index (χ2n) is 4.76. The van der Waals surface area contributed by atoms with Crippen molar-refractivity contribution in [3.8, 4) is 0 Å². The molecule has 0 bridgehead atoms. The van der Waals surface area contributed by atoms with E-state index in [1.807, 2.05) is 0 Å². The quantitative estimate of drug-likeness (QED) is 0.747. The molecule has 0 unspecified atom stereocenters. The predicted octanol–water partition coefficient (Wildman–Crippen LogP) is 0.527. The number of carboxylic acid groups (broad SMARTS) is 1. The second-order valence-corrected chi connectivity index (χ2v) is 4.76. The Bertz CT molecular complexity index is 524. The van der Waals surface area contributed by atoms with Crippen LogP contribution in [0.4, 0.5) is 0 Å². The summed E-state index contributed by atoms with van der Waals surface area (Å²) in [6.07, 6.45) is 0.874. The standard InChI is InChI=1S/C14H16N2O4/c17-12-7-11(5-6-15-12)13(18)16-8-9-1-3-10(4-2-9)14(19)20/h1-4,11H,5-8H2,(H,15,17)(H,16,18)(H,19,20)/t11-/m1/s1. The van der Waals surface area contributed by atoms with Crippen LogP contribution in [0.25, 0.3) is 0 Å². The molecule has 1 aliphatic heterocycles. The normalized spacial score (nSPS) is 18.2. The van der Waals surface area contributed by atoms with Gasteiger partial charge in [-0.05, 0) is 24.1 Å². The summed E-state index contributed by atoms with van der Waals surface area (Å²) in [5.74, 6) is -1.49. The number of carbonyl (C=O) groups excluding carboxylic acids is 2. The fraction of sp³-hybridized carbons (Fsp3) is 0.357. The Kier molecular flexibility index (Phi) is 4.34. The topological polar surface area (TPSA) is 95.5 Å². The van der Waals surface area contributed by atoms with Crippen molar-refractivity contribution in [2.75, 3.05) is 6.54 Å². The van der Waals surface area contributed by atoms with Gasteiger partial charge in [-0.1, -0.05) is 12.1 Å². The van der Waals surface area contributed by atoms with Crippen molar-refractivity contribution in [3.05, 3.63) is 35.4 Å². The number of hydrogen-bond donors (Lipinski definition) is 3. The number of hydrogen-bond acceptors (Lipinski definition) is 3. The van der Waals surface area contributed by atoms with Gasteiger partial charge in [-0.25, -0.2) is 4.79 Å². The largest absolute Gasteiger partial charge is 0.478 e. The average Bonchev–Trinajstić information content (AvgIpc) is 2.45. The van der Waals surface area contributed by atoms with Gasteiger partial charge in [-0.3, -0.25) is 9.59 Å². The molecule has 3 N–H and O–H groups in total. The van der Waals surface area contributed by atoms with E-state index >= 15 is 0 Å². The lowest BCUT2D eigenvalue weighted by Gasteiger charge is -2.21. The van der Waals surface area contributed by atoms with Gasteiger partial charge < -0.3 is 15.7 Å². The van der Waals surface area contributed by atoms with Gasteiger partial charge in [0.1, 0.15) is 0 Å². The van der Waals surface area contributed by atoms with E-state index in [9.17, 15) is 14.4 Å². The lowest BCUT2D eigenvalue weighted by Crippen LogP contribution is -2.40. The zero-order chi connectivity index (χ0) is 14.5. The Morgan fingerprint density at radius 1 is 1.30 bits per heavy atom. The van der Waals surface area contributed by atoms with Gasteiger partial charge in [-0.15, -0.1) is 0 Å². The molecule has 0 spiro atoms. The van der Waals surface area contributed by atoms with Crippen LogP contribution in [0.5, 0.6) is 0 Å². The van der Waals surface area contributed by atoms with Crippen LogP contribution < -0.4 is 10.6 Å². The predicted molar refractivity (Wildman–Crippen MR) is 71.0 cm³/mol. The summed E-state index contributed by atoms with van der Waals surface area (Å²) in [7, 11) is 0. The van der Waals surface area contributed by atoms with Gasteiger partial charge in [0.25, 0.3) is 0 Å². The van der Waals surface area contributed by atoms with Crippen LogP contribution in [0, 0.1) is 5.92 Å². The molecule has 106 valence electrons. The Balaban J connectivity index is 1.86. The van der Waals surface area contributed by atoms with E-state index in [-0.39, 0.29) is 29.7 Å². The molecule has 1 heterocycles. The monoisotopic (exact) mass is 276 g/mol. The van der Waals surface area contributed by atoms with Crippen molar-refractivity contribution >= 4 is 17.8 Å². The van der Waals surface area contributed by atoms with Crippen LogP contribution in [0.1, 0.15) is 28.8 Å². The van der Waals surface area contributed by atoms with Crippen LogP contribution in [-0.4, -0.2) is 29.4 Å². The van der Waals surface area contributed by atoms with Crippen LogP contribution in [0.15, 0.2) is 24.3 Å². The zero-order valence-electron chi connectivity index (χ0n) is 10.9. The van der Waals surface area contributed by atoms with Crippen molar-refractivity contribution in [3.63, 3.8) is 0 Å². The fourth-order valence-electron chi connectivity index (χ4n) is 2.11. The molecule has 1 aromatic carbocycles. The SMILES string of the molecule is O=C1C[C@H](C(=O)NCc2ccc(C(=O)O)cc2)CCN1. The minimum atomic E-state index is -0.978. The van der Waals surface area contributed by atoms with Gasteiger partial charge in [-0.2, -0.15) is 0 Å². The number of amides is 2. The summed E-state index contributed by atoms with van der Waals surface area (Å²) in [6, 6.07) is 6.32. The minimum absolute atomic E-state index is 0.0952. The van der Waals surface area contributed by atoms with E-state index in [0.29, 0.717) is 19.5 Å². The summed E-state index contributed by atoms with van der Waals surface area (Å²) in [6.45, 7) is 0.862. The second kappa shape index (κ2) is 6.18. The maximum Gasteiger partial charge on any atom is 0.335 e. The van der Waals surface area contributed by atoms with Crippen LogP contribution in [0.3, 0.4) is 0 Å². The molecule has 1 fully saturated rings. The van der Waals surface area contributed by atoms with E-state index in [1.54, 1.807) is 12.1 Å². The molecule has 2 amide bonds. The molecule has 1 aliphatic rings. The Morgan fingerprint density at radius 2 is 2.00 bits per heavy atom. The van der Waals surface area contributed by atoms with Crippen molar-refractivity contribution in [2.45, 2.75) is 19.4 Å². The van der Waals surface area contributed by atoms with Gasteiger partial charge in [0.05, 0.1) is 5.56 Å². The summed E-state index contributed by atoms with van der Waals surface area (Å²) >= 11 is 0. The van der Waals surface area contributed by atoms with E-state index < -0.39 is 5.97 Å². The highest BCUT2D eigenvalue weighted by Gasteiger charge is 2.25. The number of rotatable bonds is 4. The third-order valence-electron chi connectivity index (χ3n) is 3.29. The van der Waals surface area contributed by atoms with Crippen LogP contribution in [-0.2, 0) is 16.1 Å². The smallest absolute Gasteiger partial charge is 0.335 e. The molecule has 6 heteroatoms. The van der Waals surface area contributed by atoms with Gasteiger partial charge >= 0.3 is 5.97 Å². The van der Waals surface area contributed by atoms with Crippen molar-refractivity contribution in [1.29, 1.82) is 0 Å². The molecule has 20 heavy (non-hydrogen) atoms. The minimum Gasteiger partial charge on any atom is -0.478 e. The van der Waals surface area contributed by atoms with Gasteiger partial charge in [0, 0.05) is 25.4 Å². The fourth-order valence-corrected chi connectivity index (χ4v) is 2.11. The van der Waals surface area contributed by atoms with Crippen LogP contribution in [0.2, 0.25) is 0 Å². The molecule has 0 radical (unpaired) electrons. The first-order chi connectivity index (χ1) is 9.56. The highest BCUT2D eigenvalue weighted by atomic mass is 16.4. The van der Waals surface area contributed by atoms with Crippen molar-refractivity contribution in [1.82, 2.24) is 10.6 Å². The molecule has 2 rings (SSSR count). The molecule has 1 saturated heterocycles. The van der Waals surface area contributed by atoms with Gasteiger partial charge in [0.2, 0.25) is 11.8 Å². The first kappa shape index (κ1) is 14.0. The molecular formula is C14H16N2O4. The highest BCUT2D eigenvalue weighted by Crippen LogP contribution is 2.13. The first-order valence-corrected chi connectivity index (χ1v) is 6.43. The third kappa shape index (κ3) is 3.57. The van der Waals surface area contributed by atoms with E-state index in [1.165, 1.54) is 12.1 Å². The molecule has 1 atom stereocenters. The maximum absolute atomic E-state index is 11.9. The number of carbonyl (C=O) groups is 3. The summed E-state index contributed by atoms with van der Waals surface area (Å²) in [5.41, 5.74) is 1.03. The lowest BCUT2D eigenvalue weighted by molar-refractivity contribution is -0.132. The van der Waals surface area contributed by atoms with Crippen molar-refractivity contribution in [2.24, 2.45) is 5.92 Å². The third-order valence-corrected chi connectivity index (χ3v) is 3.29.